The fourth-order valence-electron chi connectivity index (χ4n) is 1.13. The quantitative estimate of drug-likeness (QED) is 0.844. The Morgan fingerprint density at radius 2 is 2.20 bits per heavy atom. The van der Waals surface area contributed by atoms with E-state index in [0.29, 0.717) is 0 Å². The third kappa shape index (κ3) is 3.91. The third-order valence-electron chi connectivity index (χ3n) is 2.21. The lowest BCUT2D eigenvalue weighted by atomic mass is 10.2. The van der Waals surface area contributed by atoms with E-state index in [4.69, 9.17) is 0 Å². The van der Waals surface area contributed by atoms with Crippen molar-refractivity contribution in [1.82, 2.24) is 15.1 Å². The van der Waals surface area contributed by atoms with Gasteiger partial charge in [-0.3, -0.25) is 4.68 Å². The standard InChI is InChI=1S/C9H14F3N3/c1-7(13-2)8-5-14-15(6-8)4-3-9(10,11)12/h5-7,13H,3-4H2,1-2H3. The monoisotopic (exact) mass is 221 g/mol. The molecule has 1 rings (SSSR count). The second-order valence-electron chi connectivity index (χ2n) is 3.41. The number of aryl methyl sites for hydroxylation is 1. The molecule has 0 aliphatic heterocycles. The average Bonchev–Trinajstić information content (AvgIpc) is 2.61. The maximum atomic E-state index is 11.9. The Labute approximate surface area is 86.3 Å². The van der Waals surface area contributed by atoms with Gasteiger partial charge < -0.3 is 5.32 Å². The Balaban J connectivity index is 2.53. The van der Waals surface area contributed by atoms with E-state index >= 15 is 0 Å². The van der Waals surface area contributed by atoms with Crippen molar-refractivity contribution in [3.63, 3.8) is 0 Å². The molecule has 1 atom stereocenters. The molecule has 3 nitrogen and oxygen atoms in total. The topological polar surface area (TPSA) is 29.9 Å². The Morgan fingerprint density at radius 3 is 2.73 bits per heavy atom. The van der Waals surface area contributed by atoms with Gasteiger partial charge in [0.15, 0.2) is 0 Å². The maximum absolute atomic E-state index is 11.9. The van der Waals surface area contributed by atoms with E-state index in [1.54, 1.807) is 19.4 Å². The number of alkyl halides is 3. The summed E-state index contributed by atoms with van der Waals surface area (Å²) in [4.78, 5) is 0. The van der Waals surface area contributed by atoms with Gasteiger partial charge in [0.2, 0.25) is 0 Å². The van der Waals surface area contributed by atoms with Gasteiger partial charge in [0, 0.05) is 24.3 Å². The molecule has 0 saturated carbocycles. The highest BCUT2D eigenvalue weighted by Crippen LogP contribution is 2.20. The van der Waals surface area contributed by atoms with Crippen molar-refractivity contribution in [2.24, 2.45) is 0 Å². The number of nitrogens with zero attached hydrogens (tertiary/aromatic N) is 2. The van der Waals surface area contributed by atoms with Crippen molar-refractivity contribution < 1.29 is 13.2 Å². The van der Waals surface area contributed by atoms with Crippen LogP contribution in [-0.2, 0) is 6.54 Å². The van der Waals surface area contributed by atoms with Crippen LogP contribution in [0.15, 0.2) is 12.4 Å². The number of halogens is 3. The van der Waals surface area contributed by atoms with Crippen molar-refractivity contribution in [3.05, 3.63) is 18.0 Å². The number of hydrogen-bond acceptors (Lipinski definition) is 2. The lowest BCUT2D eigenvalue weighted by Gasteiger charge is -2.07. The minimum atomic E-state index is -4.12. The van der Waals surface area contributed by atoms with Crippen molar-refractivity contribution >= 4 is 0 Å². The van der Waals surface area contributed by atoms with Gasteiger partial charge in [-0.25, -0.2) is 0 Å². The van der Waals surface area contributed by atoms with Gasteiger partial charge in [0.1, 0.15) is 0 Å². The summed E-state index contributed by atoms with van der Waals surface area (Å²) in [5, 5.41) is 6.86. The molecule has 0 fully saturated rings. The summed E-state index contributed by atoms with van der Waals surface area (Å²) in [6.07, 6.45) is -1.76. The Bertz CT molecular complexity index is 306. The molecule has 0 amide bonds. The van der Waals surface area contributed by atoms with E-state index in [1.807, 2.05) is 6.92 Å². The zero-order valence-corrected chi connectivity index (χ0v) is 8.67. The molecule has 1 unspecified atom stereocenters. The molecule has 0 spiro atoms. The summed E-state index contributed by atoms with van der Waals surface area (Å²) in [5.41, 5.74) is 0.889. The molecule has 0 aliphatic carbocycles. The van der Waals surface area contributed by atoms with Crippen LogP contribution in [0, 0.1) is 0 Å². The zero-order valence-electron chi connectivity index (χ0n) is 8.67. The predicted molar refractivity (Wildman–Crippen MR) is 50.4 cm³/mol. The molecule has 0 bridgehead atoms. The van der Waals surface area contributed by atoms with Gasteiger partial charge in [0.05, 0.1) is 12.6 Å². The Morgan fingerprint density at radius 1 is 1.53 bits per heavy atom. The fraction of sp³-hybridized carbons (Fsp3) is 0.667. The molecule has 0 aromatic carbocycles. The van der Waals surface area contributed by atoms with Crippen LogP contribution in [0.4, 0.5) is 13.2 Å². The Kier molecular flexibility index (Phi) is 3.73. The zero-order chi connectivity index (χ0) is 11.5. The number of aromatic nitrogens is 2. The summed E-state index contributed by atoms with van der Waals surface area (Å²) >= 11 is 0. The van der Waals surface area contributed by atoms with Gasteiger partial charge >= 0.3 is 6.18 Å². The fourth-order valence-corrected chi connectivity index (χ4v) is 1.13. The number of nitrogens with one attached hydrogen (secondary N) is 1. The molecule has 0 aliphatic rings. The molecular weight excluding hydrogens is 207 g/mol. The van der Waals surface area contributed by atoms with Crippen LogP contribution < -0.4 is 5.32 Å². The van der Waals surface area contributed by atoms with Crippen LogP contribution in [0.2, 0.25) is 0 Å². The molecule has 0 saturated heterocycles. The summed E-state index contributed by atoms with van der Waals surface area (Å²) in [6, 6.07) is 0.102. The second kappa shape index (κ2) is 4.65. The van der Waals surface area contributed by atoms with Crippen molar-refractivity contribution in [1.29, 1.82) is 0 Å². The van der Waals surface area contributed by atoms with Crippen LogP contribution in [0.1, 0.15) is 24.9 Å². The number of hydrogen-bond donors (Lipinski definition) is 1. The van der Waals surface area contributed by atoms with Gasteiger partial charge in [0.25, 0.3) is 0 Å². The molecule has 0 radical (unpaired) electrons. The van der Waals surface area contributed by atoms with Crippen LogP contribution in [0.3, 0.4) is 0 Å². The van der Waals surface area contributed by atoms with Crippen LogP contribution >= 0.6 is 0 Å². The van der Waals surface area contributed by atoms with Crippen LogP contribution in [0.25, 0.3) is 0 Å². The SMILES string of the molecule is CNC(C)c1cnn(CCC(F)(F)F)c1. The van der Waals surface area contributed by atoms with Crippen molar-refractivity contribution in [2.45, 2.75) is 32.1 Å². The molecular formula is C9H14F3N3. The van der Waals surface area contributed by atoms with Crippen molar-refractivity contribution in [3.8, 4) is 0 Å². The van der Waals surface area contributed by atoms with E-state index in [9.17, 15) is 13.2 Å². The lowest BCUT2D eigenvalue weighted by molar-refractivity contribution is -0.137. The van der Waals surface area contributed by atoms with Gasteiger partial charge in [-0.2, -0.15) is 18.3 Å². The minimum Gasteiger partial charge on any atom is -0.313 e. The second-order valence-corrected chi connectivity index (χ2v) is 3.41. The smallest absolute Gasteiger partial charge is 0.313 e. The normalized spacial score (nSPS) is 14.2. The first-order chi connectivity index (χ1) is 6.92. The molecule has 15 heavy (non-hydrogen) atoms. The van der Waals surface area contributed by atoms with Crippen LogP contribution in [-0.4, -0.2) is 23.0 Å². The first-order valence-electron chi connectivity index (χ1n) is 4.69. The van der Waals surface area contributed by atoms with Gasteiger partial charge in [-0.1, -0.05) is 0 Å². The average molecular weight is 221 g/mol. The molecule has 1 heterocycles. The van der Waals surface area contributed by atoms with Crippen molar-refractivity contribution in [2.75, 3.05) is 7.05 Å². The maximum Gasteiger partial charge on any atom is 0.390 e. The molecule has 1 N–H and O–H groups in total. The van der Waals surface area contributed by atoms with Gasteiger partial charge in [-0.15, -0.1) is 0 Å². The highest BCUT2D eigenvalue weighted by molar-refractivity contribution is 5.08. The van der Waals surface area contributed by atoms with E-state index in [-0.39, 0.29) is 12.6 Å². The largest absolute Gasteiger partial charge is 0.390 e. The highest BCUT2D eigenvalue weighted by atomic mass is 19.4. The lowest BCUT2D eigenvalue weighted by Crippen LogP contribution is -2.13. The molecule has 86 valence electrons. The first-order valence-corrected chi connectivity index (χ1v) is 4.69. The van der Waals surface area contributed by atoms with Crippen LogP contribution in [0.5, 0.6) is 0 Å². The summed E-state index contributed by atoms with van der Waals surface area (Å²) in [6.45, 7) is 1.80. The first kappa shape index (κ1) is 12.0. The molecule has 1 aromatic rings. The van der Waals surface area contributed by atoms with E-state index in [2.05, 4.69) is 10.4 Å². The summed E-state index contributed by atoms with van der Waals surface area (Å²) in [7, 11) is 1.79. The predicted octanol–water partition coefficient (Wildman–Crippen LogP) is 2.12. The summed E-state index contributed by atoms with van der Waals surface area (Å²) < 4.78 is 37.1. The van der Waals surface area contributed by atoms with E-state index < -0.39 is 12.6 Å². The summed E-state index contributed by atoms with van der Waals surface area (Å²) in [5.74, 6) is 0. The third-order valence-corrected chi connectivity index (χ3v) is 2.21. The molecule has 1 aromatic heterocycles. The highest BCUT2D eigenvalue weighted by Gasteiger charge is 2.26. The number of rotatable bonds is 4. The molecule has 6 heteroatoms. The van der Waals surface area contributed by atoms with Gasteiger partial charge in [-0.05, 0) is 14.0 Å². The Hall–Kier alpha value is -1.04. The van der Waals surface area contributed by atoms with E-state index in [0.717, 1.165) is 5.56 Å². The minimum absolute atomic E-state index is 0.102. The van der Waals surface area contributed by atoms with E-state index in [1.165, 1.54) is 4.68 Å².